The van der Waals surface area contributed by atoms with Crippen molar-refractivity contribution in [2.75, 3.05) is 26.6 Å². The third-order valence-electron chi connectivity index (χ3n) is 3.36. The predicted molar refractivity (Wildman–Crippen MR) is 70.2 cm³/mol. The molecule has 1 fully saturated rings. The second kappa shape index (κ2) is 5.88. The van der Waals surface area contributed by atoms with Crippen molar-refractivity contribution < 1.29 is 19.3 Å². The second-order valence-electron chi connectivity index (χ2n) is 4.71. The first kappa shape index (κ1) is 14.9. The molecule has 0 amide bonds. The Morgan fingerprint density at radius 2 is 2.25 bits per heavy atom. The predicted octanol–water partition coefficient (Wildman–Crippen LogP) is -0.946. The lowest BCUT2D eigenvalue weighted by Gasteiger charge is -2.20. The minimum atomic E-state index is -0.894. The summed E-state index contributed by atoms with van der Waals surface area (Å²) in [7, 11) is 2.95. The molecule has 4 atom stereocenters. The molecule has 20 heavy (non-hydrogen) atoms. The van der Waals surface area contributed by atoms with Crippen LogP contribution in [0.4, 0.5) is 5.82 Å². The van der Waals surface area contributed by atoms with E-state index in [0.717, 1.165) is 0 Å². The average Bonchev–Trinajstić information content (AvgIpc) is 2.71. The summed E-state index contributed by atoms with van der Waals surface area (Å²) in [6.07, 6.45) is -1.37. The molecule has 2 rings (SSSR count). The third-order valence-corrected chi connectivity index (χ3v) is 3.36. The Labute approximate surface area is 116 Å². The molecule has 0 bridgehead atoms. The highest BCUT2D eigenvalue weighted by atomic mass is 16.6. The van der Waals surface area contributed by atoms with E-state index in [0.29, 0.717) is 5.56 Å². The first-order chi connectivity index (χ1) is 9.49. The van der Waals surface area contributed by atoms with Gasteiger partial charge in [0.1, 0.15) is 24.1 Å². The molecule has 1 aromatic rings. The van der Waals surface area contributed by atoms with Gasteiger partial charge in [0.05, 0.1) is 6.61 Å². The smallest absolute Gasteiger partial charge is 0.351 e. The van der Waals surface area contributed by atoms with Gasteiger partial charge in [0.25, 0.3) is 0 Å². The SMILES string of the molecule is COCC1OC(n2cc(C)c(N)nc2=O)C(OC)C1O. The van der Waals surface area contributed by atoms with Gasteiger partial charge in [-0.1, -0.05) is 0 Å². The van der Waals surface area contributed by atoms with Crippen molar-refractivity contribution >= 4 is 5.82 Å². The Bertz CT molecular complexity index is 532. The van der Waals surface area contributed by atoms with Crippen molar-refractivity contribution in [3.63, 3.8) is 0 Å². The molecule has 1 aromatic heterocycles. The van der Waals surface area contributed by atoms with E-state index in [1.165, 1.54) is 18.8 Å². The Hall–Kier alpha value is -1.48. The first-order valence-corrected chi connectivity index (χ1v) is 6.20. The van der Waals surface area contributed by atoms with Gasteiger partial charge in [0, 0.05) is 26.0 Å². The van der Waals surface area contributed by atoms with Gasteiger partial charge in [0.15, 0.2) is 6.23 Å². The number of aromatic nitrogens is 2. The average molecular weight is 285 g/mol. The van der Waals surface area contributed by atoms with E-state index in [4.69, 9.17) is 19.9 Å². The van der Waals surface area contributed by atoms with Gasteiger partial charge in [0.2, 0.25) is 0 Å². The highest BCUT2D eigenvalue weighted by Gasteiger charge is 2.45. The number of nitrogens with two attached hydrogens (primary N) is 1. The van der Waals surface area contributed by atoms with Crippen LogP contribution in [-0.2, 0) is 14.2 Å². The topological polar surface area (TPSA) is 109 Å². The summed E-state index contributed by atoms with van der Waals surface area (Å²) in [5, 5.41) is 10.1. The fraction of sp³-hybridized carbons (Fsp3) is 0.667. The van der Waals surface area contributed by atoms with Crippen LogP contribution < -0.4 is 11.4 Å². The molecule has 0 saturated carbocycles. The van der Waals surface area contributed by atoms with Gasteiger partial charge in [-0.15, -0.1) is 0 Å². The zero-order valence-corrected chi connectivity index (χ0v) is 11.6. The Balaban J connectivity index is 2.36. The standard InChI is InChI=1S/C12H19N3O5/c1-6-4-15(12(17)14-10(6)13)11-9(19-3)8(16)7(20-11)5-18-2/h4,7-9,11,16H,5H2,1-3H3,(H2,13,14,17). The Morgan fingerprint density at radius 3 is 2.85 bits per heavy atom. The van der Waals surface area contributed by atoms with Crippen LogP contribution in [0.5, 0.6) is 0 Å². The van der Waals surface area contributed by atoms with Gasteiger partial charge >= 0.3 is 5.69 Å². The molecular weight excluding hydrogens is 266 g/mol. The van der Waals surface area contributed by atoms with Crippen molar-refractivity contribution in [1.82, 2.24) is 9.55 Å². The van der Waals surface area contributed by atoms with Gasteiger partial charge in [-0.2, -0.15) is 4.98 Å². The number of hydrogen-bond acceptors (Lipinski definition) is 7. The van der Waals surface area contributed by atoms with E-state index < -0.39 is 30.2 Å². The molecule has 0 spiro atoms. The molecule has 2 heterocycles. The fourth-order valence-electron chi connectivity index (χ4n) is 2.26. The van der Waals surface area contributed by atoms with Gasteiger partial charge in [-0.3, -0.25) is 4.57 Å². The van der Waals surface area contributed by atoms with E-state index in [1.54, 1.807) is 13.1 Å². The molecule has 3 N–H and O–H groups in total. The molecule has 8 nitrogen and oxygen atoms in total. The van der Waals surface area contributed by atoms with Crippen molar-refractivity contribution in [1.29, 1.82) is 0 Å². The van der Waals surface area contributed by atoms with Crippen LogP contribution in [0.3, 0.4) is 0 Å². The number of aryl methyl sites for hydroxylation is 1. The van der Waals surface area contributed by atoms with Crippen LogP contribution in [0.15, 0.2) is 11.0 Å². The van der Waals surface area contributed by atoms with Crippen molar-refractivity contribution in [3.8, 4) is 0 Å². The molecule has 1 aliphatic heterocycles. The molecular formula is C12H19N3O5. The van der Waals surface area contributed by atoms with E-state index >= 15 is 0 Å². The number of rotatable bonds is 4. The number of nitrogens with zero attached hydrogens (tertiary/aromatic N) is 2. The maximum atomic E-state index is 11.9. The second-order valence-corrected chi connectivity index (χ2v) is 4.71. The monoisotopic (exact) mass is 285 g/mol. The number of methoxy groups -OCH3 is 2. The molecule has 0 aromatic carbocycles. The zero-order chi connectivity index (χ0) is 14.9. The summed E-state index contributed by atoms with van der Waals surface area (Å²) in [6, 6.07) is 0. The summed E-state index contributed by atoms with van der Waals surface area (Å²) >= 11 is 0. The first-order valence-electron chi connectivity index (χ1n) is 6.20. The van der Waals surface area contributed by atoms with Crippen LogP contribution >= 0.6 is 0 Å². The van der Waals surface area contributed by atoms with Crippen molar-refractivity contribution in [2.24, 2.45) is 0 Å². The van der Waals surface area contributed by atoms with Gasteiger partial charge in [-0.25, -0.2) is 4.79 Å². The van der Waals surface area contributed by atoms with E-state index in [1.807, 2.05) is 0 Å². The fourth-order valence-corrected chi connectivity index (χ4v) is 2.26. The molecule has 1 saturated heterocycles. The number of aliphatic hydroxyl groups excluding tert-OH is 1. The summed E-state index contributed by atoms with van der Waals surface area (Å²) in [5.74, 6) is 0.173. The van der Waals surface area contributed by atoms with Crippen LogP contribution in [0.25, 0.3) is 0 Å². The highest BCUT2D eigenvalue weighted by Crippen LogP contribution is 2.30. The lowest BCUT2D eigenvalue weighted by Crippen LogP contribution is -2.37. The number of ether oxygens (including phenoxy) is 3. The summed E-state index contributed by atoms with van der Waals surface area (Å²) in [6.45, 7) is 1.94. The summed E-state index contributed by atoms with van der Waals surface area (Å²) in [5.41, 5.74) is 5.69. The van der Waals surface area contributed by atoms with Gasteiger partial charge < -0.3 is 25.1 Å². The molecule has 0 radical (unpaired) electrons. The summed E-state index contributed by atoms with van der Waals surface area (Å²) in [4.78, 5) is 15.7. The maximum absolute atomic E-state index is 11.9. The number of anilines is 1. The number of nitrogen functional groups attached to an aromatic ring is 1. The minimum Gasteiger partial charge on any atom is -0.387 e. The Morgan fingerprint density at radius 1 is 1.55 bits per heavy atom. The summed E-state index contributed by atoms with van der Waals surface area (Å²) < 4.78 is 17.2. The van der Waals surface area contributed by atoms with E-state index in [2.05, 4.69) is 4.98 Å². The zero-order valence-electron chi connectivity index (χ0n) is 11.6. The molecule has 8 heteroatoms. The third kappa shape index (κ3) is 2.55. The van der Waals surface area contributed by atoms with Crippen LogP contribution in [0.2, 0.25) is 0 Å². The van der Waals surface area contributed by atoms with Crippen LogP contribution in [0.1, 0.15) is 11.8 Å². The Kier molecular flexibility index (Phi) is 4.39. The normalized spacial score (nSPS) is 29.8. The molecule has 4 unspecified atom stereocenters. The number of hydrogen-bond donors (Lipinski definition) is 2. The van der Waals surface area contributed by atoms with Crippen molar-refractivity contribution in [3.05, 3.63) is 22.2 Å². The number of aliphatic hydroxyl groups is 1. The van der Waals surface area contributed by atoms with Crippen LogP contribution in [-0.4, -0.2) is 53.8 Å². The van der Waals surface area contributed by atoms with E-state index in [9.17, 15) is 9.90 Å². The molecule has 112 valence electrons. The van der Waals surface area contributed by atoms with E-state index in [-0.39, 0.29) is 12.4 Å². The quantitative estimate of drug-likeness (QED) is 0.734. The molecule has 1 aliphatic rings. The van der Waals surface area contributed by atoms with Crippen LogP contribution in [0, 0.1) is 6.92 Å². The highest BCUT2D eigenvalue weighted by molar-refractivity contribution is 5.35. The lowest BCUT2D eigenvalue weighted by atomic mass is 10.1. The molecule has 0 aliphatic carbocycles. The lowest BCUT2D eigenvalue weighted by molar-refractivity contribution is -0.0669. The largest absolute Gasteiger partial charge is 0.387 e. The minimum absolute atomic E-state index is 0.173. The maximum Gasteiger partial charge on any atom is 0.351 e. The van der Waals surface area contributed by atoms with Gasteiger partial charge in [-0.05, 0) is 6.92 Å². The van der Waals surface area contributed by atoms with Crippen molar-refractivity contribution in [2.45, 2.75) is 31.5 Å².